The molecule has 0 aliphatic carbocycles. The van der Waals surface area contributed by atoms with Crippen LogP contribution in [0.5, 0.6) is 5.75 Å². The van der Waals surface area contributed by atoms with Crippen molar-refractivity contribution in [2.45, 2.75) is 25.3 Å². The second-order valence-corrected chi connectivity index (χ2v) is 5.96. The molecule has 2 aromatic rings. The molecule has 7 nitrogen and oxygen atoms in total. The van der Waals surface area contributed by atoms with Gasteiger partial charge in [-0.15, -0.1) is 0 Å². The smallest absolute Gasteiger partial charge is 0.249 e. The molecule has 3 rings (SSSR count). The molecule has 1 aromatic carbocycles. The molecule has 7 heteroatoms. The molecule has 2 N–H and O–H groups in total. The maximum absolute atomic E-state index is 12.5. The Bertz CT molecular complexity index is 888. The molecule has 2 heterocycles. The summed E-state index contributed by atoms with van der Waals surface area (Å²) in [7, 11) is 1.53. The van der Waals surface area contributed by atoms with Gasteiger partial charge in [-0.25, -0.2) is 0 Å². The Morgan fingerprint density at radius 3 is 2.92 bits per heavy atom. The molecule has 1 aromatic heterocycles. The Morgan fingerprint density at radius 1 is 1.44 bits per heavy atom. The molecule has 1 fully saturated rings. The maximum atomic E-state index is 12.5. The van der Waals surface area contributed by atoms with Crippen LogP contribution in [0.25, 0.3) is 10.9 Å². The number of amides is 2. The van der Waals surface area contributed by atoms with E-state index in [0.717, 1.165) is 6.42 Å². The van der Waals surface area contributed by atoms with Crippen molar-refractivity contribution in [1.82, 2.24) is 9.88 Å². The van der Waals surface area contributed by atoms with Gasteiger partial charge in [-0.3, -0.25) is 14.6 Å². The molecule has 1 aliphatic rings. The number of ether oxygens (including phenoxy) is 1. The largest absolute Gasteiger partial charge is 0.497 e. The standard InChI is InChI=1S/C18H18N4O3/c1-25-13-4-5-16-14(9-13)15(18(20)24)7-11(21-16)8-17(23)22-6-2-3-12(22)10-19/h4-5,7,9,12H,2-3,6,8H2,1H3,(H2,20,24)/t12-/m0/s1. The van der Waals surface area contributed by atoms with Crippen LogP contribution in [0.15, 0.2) is 24.3 Å². The second kappa shape index (κ2) is 6.77. The van der Waals surface area contributed by atoms with Crippen molar-refractivity contribution in [3.8, 4) is 11.8 Å². The van der Waals surface area contributed by atoms with E-state index in [2.05, 4.69) is 11.1 Å². The van der Waals surface area contributed by atoms with E-state index >= 15 is 0 Å². The molecule has 128 valence electrons. The van der Waals surface area contributed by atoms with Gasteiger partial charge in [-0.05, 0) is 37.1 Å². The van der Waals surface area contributed by atoms with Crippen LogP contribution in [0, 0.1) is 11.3 Å². The average molecular weight is 338 g/mol. The van der Waals surface area contributed by atoms with Crippen LogP contribution in [0.2, 0.25) is 0 Å². The fourth-order valence-corrected chi connectivity index (χ4v) is 3.14. The minimum atomic E-state index is -0.592. The highest BCUT2D eigenvalue weighted by Gasteiger charge is 2.28. The Morgan fingerprint density at radius 2 is 2.24 bits per heavy atom. The number of benzene rings is 1. The zero-order chi connectivity index (χ0) is 18.0. The van der Waals surface area contributed by atoms with E-state index in [4.69, 9.17) is 15.7 Å². The monoisotopic (exact) mass is 338 g/mol. The molecular formula is C18H18N4O3. The van der Waals surface area contributed by atoms with Crippen molar-refractivity contribution in [2.75, 3.05) is 13.7 Å². The molecular weight excluding hydrogens is 320 g/mol. The summed E-state index contributed by atoms with van der Waals surface area (Å²) in [6.07, 6.45) is 1.54. The van der Waals surface area contributed by atoms with Crippen molar-refractivity contribution in [3.63, 3.8) is 0 Å². The summed E-state index contributed by atoms with van der Waals surface area (Å²) in [5.74, 6) is -0.167. The highest BCUT2D eigenvalue weighted by molar-refractivity contribution is 6.06. The van der Waals surface area contributed by atoms with Gasteiger partial charge in [-0.1, -0.05) is 0 Å². The lowest BCUT2D eigenvalue weighted by Crippen LogP contribution is -2.35. The summed E-state index contributed by atoms with van der Waals surface area (Å²) in [6, 6.07) is 8.46. The molecule has 1 aliphatic heterocycles. The normalized spacial score (nSPS) is 16.6. The van der Waals surface area contributed by atoms with Gasteiger partial charge < -0.3 is 15.4 Å². The van der Waals surface area contributed by atoms with E-state index in [0.29, 0.717) is 40.9 Å². The first-order chi connectivity index (χ1) is 12.0. The van der Waals surface area contributed by atoms with Gasteiger partial charge >= 0.3 is 0 Å². The first-order valence-corrected chi connectivity index (χ1v) is 8.00. The van der Waals surface area contributed by atoms with Crippen molar-refractivity contribution >= 4 is 22.7 Å². The first kappa shape index (κ1) is 16.7. The van der Waals surface area contributed by atoms with Crippen LogP contribution in [0.3, 0.4) is 0 Å². The van der Waals surface area contributed by atoms with Crippen LogP contribution in [-0.2, 0) is 11.2 Å². The third-order valence-corrected chi connectivity index (χ3v) is 4.39. The number of likely N-dealkylation sites (tertiary alicyclic amines) is 1. The summed E-state index contributed by atoms with van der Waals surface area (Å²) in [6.45, 7) is 0.574. The van der Waals surface area contributed by atoms with Gasteiger partial charge in [0.05, 0.1) is 36.4 Å². The van der Waals surface area contributed by atoms with Gasteiger partial charge in [0.15, 0.2) is 0 Å². The minimum absolute atomic E-state index is 0.0282. The van der Waals surface area contributed by atoms with Gasteiger partial charge in [-0.2, -0.15) is 5.26 Å². The predicted molar refractivity (Wildman–Crippen MR) is 90.9 cm³/mol. The highest BCUT2D eigenvalue weighted by Crippen LogP contribution is 2.24. The van der Waals surface area contributed by atoms with E-state index in [1.165, 1.54) is 7.11 Å². The molecule has 0 spiro atoms. The Labute approximate surface area is 145 Å². The van der Waals surface area contributed by atoms with Gasteiger partial charge in [0.2, 0.25) is 11.8 Å². The number of methoxy groups -OCH3 is 1. The molecule has 0 saturated carbocycles. The highest BCUT2D eigenvalue weighted by atomic mass is 16.5. The quantitative estimate of drug-likeness (QED) is 0.906. The fourth-order valence-electron chi connectivity index (χ4n) is 3.14. The van der Waals surface area contributed by atoms with E-state index in [1.807, 2.05) is 0 Å². The molecule has 0 bridgehead atoms. The molecule has 0 radical (unpaired) electrons. The van der Waals surface area contributed by atoms with E-state index in [9.17, 15) is 9.59 Å². The Hall–Kier alpha value is -3.14. The lowest BCUT2D eigenvalue weighted by Gasteiger charge is -2.19. The van der Waals surface area contributed by atoms with Crippen LogP contribution < -0.4 is 10.5 Å². The van der Waals surface area contributed by atoms with Crippen molar-refractivity contribution in [1.29, 1.82) is 5.26 Å². The minimum Gasteiger partial charge on any atom is -0.497 e. The number of primary amides is 1. The summed E-state index contributed by atoms with van der Waals surface area (Å²) >= 11 is 0. The maximum Gasteiger partial charge on any atom is 0.249 e. The number of nitrogens with zero attached hydrogens (tertiary/aromatic N) is 3. The van der Waals surface area contributed by atoms with Crippen LogP contribution >= 0.6 is 0 Å². The number of rotatable bonds is 4. The fraction of sp³-hybridized carbons (Fsp3) is 0.333. The van der Waals surface area contributed by atoms with Crippen molar-refractivity contribution in [2.24, 2.45) is 5.73 Å². The van der Waals surface area contributed by atoms with Crippen molar-refractivity contribution in [3.05, 3.63) is 35.5 Å². The first-order valence-electron chi connectivity index (χ1n) is 8.00. The molecule has 1 atom stereocenters. The average Bonchev–Trinajstić information content (AvgIpc) is 3.09. The summed E-state index contributed by atoms with van der Waals surface area (Å²) in [4.78, 5) is 30.4. The van der Waals surface area contributed by atoms with Gasteiger partial charge in [0.25, 0.3) is 0 Å². The molecule has 2 amide bonds. The number of carbonyl (C=O) groups is 2. The number of aromatic nitrogens is 1. The lowest BCUT2D eigenvalue weighted by atomic mass is 10.1. The van der Waals surface area contributed by atoms with Crippen LogP contribution in [0.1, 0.15) is 28.9 Å². The zero-order valence-corrected chi connectivity index (χ0v) is 13.9. The Balaban J connectivity index is 1.96. The van der Waals surface area contributed by atoms with E-state index in [1.54, 1.807) is 29.2 Å². The molecule has 0 unspecified atom stereocenters. The van der Waals surface area contributed by atoms with Gasteiger partial charge in [0.1, 0.15) is 11.8 Å². The topological polar surface area (TPSA) is 109 Å². The molecule has 1 saturated heterocycles. The lowest BCUT2D eigenvalue weighted by molar-refractivity contribution is -0.130. The summed E-state index contributed by atoms with van der Waals surface area (Å²) in [5, 5.41) is 9.71. The number of carbonyl (C=O) groups excluding carboxylic acids is 2. The Kier molecular flexibility index (Phi) is 4.52. The zero-order valence-electron chi connectivity index (χ0n) is 13.9. The number of hydrogen-bond donors (Lipinski definition) is 1. The number of nitrogens with two attached hydrogens (primary N) is 1. The van der Waals surface area contributed by atoms with Crippen LogP contribution in [-0.4, -0.2) is 41.4 Å². The third kappa shape index (κ3) is 3.24. The number of fused-ring (bicyclic) bond motifs is 1. The number of nitriles is 1. The number of hydrogen-bond acceptors (Lipinski definition) is 5. The predicted octanol–water partition coefficient (Wildman–Crippen LogP) is 1.40. The second-order valence-electron chi connectivity index (χ2n) is 5.96. The third-order valence-electron chi connectivity index (χ3n) is 4.39. The summed E-state index contributed by atoms with van der Waals surface area (Å²) in [5.41, 5.74) is 6.81. The van der Waals surface area contributed by atoms with Crippen LogP contribution in [0.4, 0.5) is 0 Å². The van der Waals surface area contributed by atoms with E-state index in [-0.39, 0.29) is 18.4 Å². The van der Waals surface area contributed by atoms with Crippen molar-refractivity contribution < 1.29 is 14.3 Å². The SMILES string of the molecule is COc1ccc2nc(CC(=O)N3CCC[C@H]3C#N)cc(C(N)=O)c2c1. The summed E-state index contributed by atoms with van der Waals surface area (Å²) < 4.78 is 5.17. The van der Waals surface area contributed by atoms with Gasteiger partial charge in [0, 0.05) is 11.9 Å². The number of pyridine rings is 1. The molecule has 25 heavy (non-hydrogen) atoms. The van der Waals surface area contributed by atoms with E-state index < -0.39 is 5.91 Å².